The number of aliphatic hydroxyl groups excluding tert-OH is 1. The number of ether oxygens (including phenoxy) is 1. The molecule has 0 radical (unpaired) electrons. The molecule has 17 heavy (non-hydrogen) atoms. The molecule has 0 bridgehead atoms. The third-order valence-electron chi connectivity index (χ3n) is 2.97. The summed E-state index contributed by atoms with van der Waals surface area (Å²) in [5.74, 6) is -0.275. The van der Waals surface area contributed by atoms with Gasteiger partial charge in [0.2, 0.25) is 5.78 Å². The quantitative estimate of drug-likeness (QED) is 0.494. The highest BCUT2D eigenvalue weighted by Gasteiger charge is 2.48. The van der Waals surface area contributed by atoms with Crippen LogP contribution in [0.25, 0.3) is 0 Å². The molecule has 5 heteroatoms. The molecule has 2 aliphatic rings. The molecule has 0 unspecified atom stereocenters. The Balaban J connectivity index is 2.69. The van der Waals surface area contributed by atoms with Crippen LogP contribution < -0.4 is 0 Å². The average Bonchev–Trinajstić information content (AvgIpc) is 2.28. The van der Waals surface area contributed by atoms with Crippen molar-refractivity contribution in [2.45, 2.75) is 25.6 Å². The predicted molar refractivity (Wildman–Crippen MR) is 57.7 cm³/mol. The number of Topliss-reactive ketones (excluding diaryl/α,β-unsaturated/α-hetero) is 1. The van der Waals surface area contributed by atoms with Crippen molar-refractivity contribution in [2.75, 3.05) is 0 Å². The fourth-order valence-corrected chi connectivity index (χ4v) is 1.92. The molecular weight excluding hydrogens is 224 g/mol. The zero-order chi connectivity index (χ0) is 12.8. The van der Waals surface area contributed by atoms with Crippen molar-refractivity contribution >= 4 is 12.1 Å². The predicted octanol–water partition coefficient (Wildman–Crippen LogP) is -0.00560. The summed E-state index contributed by atoms with van der Waals surface area (Å²) in [6.07, 6.45) is 1.73. The maximum atomic E-state index is 11.9. The zero-order valence-corrected chi connectivity index (χ0v) is 9.43. The molecule has 1 aliphatic carbocycles. The molecular formula is C12H12O5. The minimum atomic E-state index is -2.01. The van der Waals surface area contributed by atoms with E-state index in [0.717, 1.165) is 0 Å². The van der Waals surface area contributed by atoms with E-state index in [1.165, 1.54) is 19.3 Å². The van der Waals surface area contributed by atoms with Crippen LogP contribution in [-0.2, 0) is 14.3 Å². The van der Waals surface area contributed by atoms with Crippen molar-refractivity contribution in [1.29, 1.82) is 0 Å². The molecule has 0 fully saturated rings. The van der Waals surface area contributed by atoms with Gasteiger partial charge in [-0.2, -0.15) is 0 Å². The standard InChI is InChI=1S/C12H12O5/c1-6-3-7-8(4-13)10(14)12(2,16)11(15)9(7)5-17-6/h3-5,11,15-16H,1-2H3/t11-,12-/m1/s1. The number of rotatable bonds is 1. The van der Waals surface area contributed by atoms with Gasteiger partial charge in [-0.1, -0.05) is 0 Å². The van der Waals surface area contributed by atoms with Crippen molar-refractivity contribution in [3.63, 3.8) is 0 Å². The van der Waals surface area contributed by atoms with Gasteiger partial charge in [-0.25, -0.2) is 0 Å². The number of hydrogen-bond acceptors (Lipinski definition) is 5. The summed E-state index contributed by atoms with van der Waals surface area (Å²) in [6, 6.07) is 0. The van der Waals surface area contributed by atoms with E-state index in [4.69, 9.17) is 4.74 Å². The molecule has 5 nitrogen and oxygen atoms in total. The van der Waals surface area contributed by atoms with Gasteiger partial charge in [0.05, 0.1) is 11.8 Å². The van der Waals surface area contributed by atoms with Crippen LogP contribution in [0.5, 0.6) is 0 Å². The maximum absolute atomic E-state index is 11.9. The molecule has 90 valence electrons. The van der Waals surface area contributed by atoms with Crippen LogP contribution >= 0.6 is 0 Å². The number of aldehydes is 1. The molecule has 0 aromatic rings. The van der Waals surface area contributed by atoms with Gasteiger partial charge in [0.15, 0.2) is 11.9 Å². The highest BCUT2D eigenvalue weighted by molar-refractivity contribution is 6.18. The van der Waals surface area contributed by atoms with Crippen molar-refractivity contribution in [2.24, 2.45) is 0 Å². The van der Waals surface area contributed by atoms with E-state index in [9.17, 15) is 19.8 Å². The summed E-state index contributed by atoms with van der Waals surface area (Å²) < 4.78 is 5.11. The average molecular weight is 236 g/mol. The maximum Gasteiger partial charge on any atom is 0.200 e. The second-order valence-corrected chi connectivity index (χ2v) is 4.27. The van der Waals surface area contributed by atoms with Crippen LogP contribution in [0.2, 0.25) is 0 Å². The Hall–Kier alpha value is -1.72. The Morgan fingerprint density at radius 2 is 2.18 bits per heavy atom. The molecule has 1 heterocycles. The number of allylic oxidation sites excluding steroid dienone is 2. The first-order chi connectivity index (χ1) is 7.89. The van der Waals surface area contributed by atoms with Crippen LogP contribution in [0.4, 0.5) is 0 Å². The summed E-state index contributed by atoms with van der Waals surface area (Å²) in [7, 11) is 0. The van der Waals surface area contributed by atoms with E-state index in [1.807, 2.05) is 0 Å². The molecule has 0 aromatic carbocycles. The first kappa shape index (κ1) is 11.8. The number of ketones is 1. The highest BCUT2D eigenvalue weighted by atomic mass is 16.5. The van der Waals surface area contributed by atoms with E-state index < -0.39 is 17.5 Å². The van der Waals surface area contributed by atoms with Gasteiger partial charge in [0.25, 0.3) is 0 Å². The van der Waals surface area contributed by atoms with E-state index in [0.29, 0.717) is 17.6 Å². The van der Waals surface area contributed by atoms with Crippen LogP contribution in [0.15, 0.2) is 34.8 Å². The third kappa shape index (κ3) is 1.55. The van der Waals surface area contributed by atoms with E-state index >= 15 is 0 Å². The molecule has 0 saturated carbocycles. The Kier molecular flexibility index (Phi) is 2.52. The third-order valence-corrected chi connectivity index (χ3v) is 2.97. The molecule has 0 amide bonds. The van der Waals surface area contributed by atoms with Gasteiger partial charge in [0.1, 0.15) is 11.9 Å². The van der Waals surface area contributed by atoms with Crippen LogP contribution in [-0.4, -0.2) is 34.0 Å². The first-order valence-electron chi connectivity index (χ1n) is 5.09. The van der Waals surface area contributed by atoms with Crippen LogP contribution in [0, 0.1) is 0 Å². The van der Waals surface area contributed by atoms with Crippen molar-refractivity contribution in [1.82, 2.24) is 0 Å². The van der Waals surface area contributed by atoms with Gasteiger partial charge in [-0.3, -0.25) is 9.59 Å². The van der Waals surface area contributed by atoms with Crippen molar-refractivity contribution < 1.29 is 24.5 Å². The summed E-state index contributed by atoms with van der Waals surface area (Å²) in [5, 5.41) is 19.8. The normalized spacial score (nSPS) is 32.5. The lowest BCUT2D eigenvalue weighted by molar-refractivity contribution is -0.142. The van der Waals surface area contributed by atoms with Crippen molar-refractivity contribution in [3.8, 4) is 0 Å². The largest absolute Gasteiger partial charge is 0.469 e. The van der Waals surface area contributed by atoms with E-state index in [1.54, 1.807) is 6.92 Å². The summed E-state index contributed by atoms with van der Waals surface area (Å²) >= 11 is 0. The lowest BCUT2D eigenvalue weighted by atomic mass is 9.75. The van der Waals surface area contributed by atoms with Gasteiger partial charge in [-0.15, -0.1) is 0 Å². The van der Waals surface area contributed by atoms with Crippen LogP contribution in [0.3, 0.4) is 0 Å². The monoisotopic (exact) mass is 236 g/mol. The smallest absolute Gasteiger partial charge is 0.200 e. The Labute approximate surface area is 97.7 Å². The Bertz CT molecular complexity index is 493. The Morgan fingerprint density at radius 3 is 2.76 bits per heavy atom. The van der Waals surface area contributed by atoms with E-state index in [2.05, 4.69) is 0 Å². The molecule has 2 N–H and O–H groups in total. The number of aliphatic hydroxyl groups is 2. The zero-order valence-electron chi connectivity index (χ0n) is 9.43. The van der Waals surface area contributed by atoms with Gasteiger partial charge >= 0.3 is 0 Å². The molecule has 0 spiro atoms. The molecule has 0 aromatic heterocycles. The second kappa shape index (κ2) is 3.65. The minimum absolute atomic E-state index is 0.144. The molecule has 2 rings (SSSR count). The molecule has 2 atom stereocenters. The molecule has 0 saturated heterocycles. The number of hydrogen-bond donors (Lipinski definition) is 2. The summed E-state index contributed by atoms with van der Waals surface area (Å²) in [5.41, 5.74) is -1.60. The van der Waals surface area contributed by atoms with Crippen LogP contribution in [0.1, 0.15) is 13.8 Å². The lowest BCUT2D eigenvalue weighted by Crippen LogP contribution is -2.52. The van der Waals surface area contributed by atoms with Gasteiger partial charge in [0, 0.05) is 11.1 Å². The minimum Gasteiger partial charge on any atom is -0.469 e. The van der Waals surface area contributed by atoms with Gasteiger partial charge < -0.3 is 14.9 Å². The summed E-state index contributed by atoms with van der Waals surface area (Å²) in [6.45, 7) is 2.83. The summed E-state index contributed by atoms with van der Waals surface area (Å²) in [4.78, 5) is 22.8. The van der Waals surface area contributed by atoms with Gasteiger partial charge in [-0.05, 0) is 19.9 Å². The SMILES string of the molecule is CC1=CC2=C(C=O)C(=O)[C@@](C)(O)[C@H](O)C2=CO1. The number of carbonyl (C=O) groups excluding carboxylic acids is 2. The fourth-order valence-electron chi connectivity index (χ4n) is 1.92. The first-order valence-corrected chi connectivity index (χ1v) is 5.09. The molecule has 1 aliphatic heterocycles. The Morgan fingerprint density at radius 1 is 1.53 bits per heavy atom. The highest BCUT2D eigenvalue weighted by Crippen LogP contribution is 2.36. The number of fused-ring (bicyclic) bond motifs is 1. The van der Waals surface area contributed by atoms with Crippen molar-refractivity contribution in [3.05, 3.63) is 34.8 Å². The second-order valence-electron chi connectivity index (χ2n) is 4.27. The fraction of sp³-hybridized carbons (Fsp3) is 0.333. The topological polar surface area (TPSA) is 83.8 Å². The lowest BCUT2D eigenvalue weighted by Gasteiger charge is -2.35. The van der Waals surface area contributed by atoms with E-state index in [-0.39, 0.29) is 11.1 Å². The number of carbonyl (C=O) groups is 2.